The van der Waals surface area contributed by atoms with Gasteiger partial charge in [0.15, 0.2) is 0 Å². The monoisotopic (exact) mass is 224 g/mol. The summed E-state index contributed by atoms with van der Waals surface area (Å²) in [6.45, 7) is 1.88. The maximum absolute atomic E-state index is 11.8. The first kappa shape index (κ1) is 11.2. The Morgan fingerprint density at radius 1 is 1.36 bits per heavy atom. The maximum Gasteiger partial charge on any atom is 0.573 e. The topological polar surface area (TPSA) is 9.23 Å². The van der Waals surface area contributed by atoms with Gasteiger partial charge in [0.25, 0.3) is 0 Å². The lowest BCUT2D eigenvalue weighted by Crippen LogP contribution is -2.17. The molecule has 0 aliphatic rings. The Hall–Kier alpha value is -0.900. The number of benzene rings is 1. The summed E-state index contributed by atoms with van der Waals surface area (Å²) in [5.74, 6) is -0.364. The summed E-state index contributed by atoms with van der Waals surface area (Å²) in [5.41, 5.74) is 0.865. The fraction of sp³-hybridized carbons (Fsp3) is 0.333. The predicted molar refractivity (Wildman–Crippen MR) is 47.5 cm³/mol. The fourth-order valence-corrected chi connectivity index (χ4v) is 1.21. The standard InChI is InChI=1S/C9H8ClF3O/c1-2-6-3-4-8(7(10)5-6)14-9(11,12)13/h3-5H,2H2,1H3. The Morgan fingerprint density at radius 3 is 2.43 bits per heavy atom. The first-order chi connectivity index (χ1) is 6.42. The molecule has 0 atom stereocenters. The van der Waals surface area contributed by atoms with Crippen molar-refractivity contribution < 1.29 is 17.9 Å². The van der Waals surface area contributed by atoms with Crippen LogP contribution in [0.3, 0.4) is 0 Å². The van der Waals surface area contributed by atoms with Crippen LogP contribution in [0.4, 0.5) is 13.2 Å². The molecule has 1 aromatic rings. The van der Waals surface area contributed by atoms with Gasteiger partial charge in [0.05, 0.1) is 5.02 Å². The third kappa shape index (κ3) is 3.10. The molecule has 0 radical (unpaired) electrons. The largest absolute Gasteiger partial charge is 0.573 e. The minimum atomic E-state index is -4.70. The maximum atomic E-state index is 11.8. The van der Waals surface area contributed by atoms with E-state index in [1.807, 2.05) is 6.92 Å². The van der Waals surface area contributed by atoms with Crippen molar-refractivity contribution in [3.05, 3.63) is 28.8 Å². The minimum Gasteiger partial charge on any atom is -0.404 e. The van der Waals surface area contributed by atoms with E-state index in [1.165, 1.54) is 12.1 Å². The minimum absolute atomic E-state index is 0.0262. The summed E-state index contributed by atoms with van der Waals surface area (Å²) in [4.78, 5) is 0. The molecule has 0 saturated carbocycles. The Morgan fingerprint density at radius 2 is 2.00 bits per heavy atom. The van der Waals surface area contributed by atoms with Crippen LogP contribution in [0.25, 0.3) is 0 Å². The SMILES string of the molecule is CCc1ccc(OC(F)(F)F)c(Cl)c1. The molecule has 0 saturated heterocycles. The summed E-state index contributed by atoms with van der Waals surface area (Å²) in [6, 6.07) is 4.23. The third-order valence-electron chi connectivity index (χ3n) is 1.63. The van der Waals surface area contributed by atoms with Crippen molar-refractivity contribution in [2.75, 3.05) is 0 Å². The van der Waals surface area contributed by atoms with Gasteiger partial charge in [-0.2, -0.15) is 0 Å². The number of alkyl halides is 3. The van der Waals surface area contributed by atoms with Crippen molar-refractivity contribution in [1.82, 2.24) is 0 Å². The van der Waals surface area contributed by atoms with Gasteiger partial charge in [-0.25, -0.2) is 0 Å². The molecule has 0 N–H and O–H groups in total. The number of hydrogen-bond donors (Lipinski definition) is 0. The molecule has 0 fully saturated rings. The highest BCUT2D eigenvalue weighted by Gasteiger charge is 2.31. The molecular formula is C9H8ClF3O. The average Bonchev–Trinajstić information content (AvgIpc) is 2.06. The second-order valence-electron chi connectivity index (χ2n) is 2.67. The van der Waals surface area contributed by atoms with E-state index >= 15 is 0 Å². The van der Waals surface area contributed by atoms with Gasteiger partial charge in [-0.05, 0) is 24.1 Å². The zero-order valence-corrected chi connectivity index (χ0v) is 8.12. The van der Waals surface area contributed by atoms with E-state index in [9.17, 15) is 13.2 Å². The van der Waals surface area contributed by atoms with Crippen molar-refractivity contribution in [3.8, 4) is 5.75 Å². The van der Waals surface area contributed by atoms with E-state index in [-0.39, 0.29) is 10.8 Å². The van der Waals surface area contributed by atoms with Crippen molar-refractivity contribution in [2.45, 2.75) is 19.7 Å². The highest BCUT2D eigenvalue weighted by atomic mass is 35.5. The summed E-state index contributed by atoms with van der Waals surface area (Å²) in [6.07, 6.45) is -3.98. The molecule has 78 valence electrons. The van der Waals surface area contributed by atoms with Crippen molar-refractivity contribution in [3.63, 3.8) is 0 Å². The summed E-state index contributed by atoms with van der Waals surface area (Å²) in [7, 11) is 0. The Bertz CT molecular complexity index is 322. The van der Waals surface area contributed by atoms with E-state index in [2.05, 4.69) is 4.74 Å². The summed E-state index contributed by atoms with van der Waals surface area (Å²) in [5, 5.41) is -0.0262. The highest BCUT2D eigenvalue weighted by molar-refractivity contribution is 6.32. The van der Waals surface area contributed by atoms with E-state index < -0.39 is 6.36 Å². The van der Waals surface area contributed by atoms with Crippen LogP contribution in [0, 0.1) is 0 Å². The lowest BCUT2D eigenvalue weighted by molar-refractivity contribution is -0.274. The smallest absolute Gasteiger partial charge is 0.404 e. The fourth-order valence-electron chi connectivity index (χ4n) is 0.972. The number of aryl methyl sites for hydroxylation is 1. The molecule has 1 aromatic carbocycles. The quantitative estimate of drug-likeness (QED) is 0.743. The molecule has 1 rings (SSSR count). The van der Waals surface area contributed by atoms with Gasteiger partial charge < -0.3 is 4.74 Å². The van der Waals surface area contributed by atoms with Gasteiger partial charge in [-0.3, -0.25) is 0 Å². The molecule has 5 heteroatoms. The van der Waals surface area contributed by atoms with Gasteiger partial charge in [0, 0.05) is 0 Å². The highest BCUT2D eigenvalue weighted by Crippen LogP contribution is 2.30. The molecule has 0 aliphatic heterocycles. The van der Waals surface area contributed by atoms with E-state index in [1.54, 1.807) is 6.07 Å². The van der Waals surface area contributed by atoms with Crippen LogP contribution in [0.1, 0.15) is 12.5 Å². The number of halogens is 4. The van der Waals surface area contributed by atoms with Gasteiger partial charge in [-0.15, -0.1) is 13.2 Å². The lowest BCUT2D eigenvalue weighted by Gasteiger charge is -2.10. The van der Waals surface area contributed by atoms with Crippen LogP contribution in [0.2, 0.25) is 5.02 Å². The molecule has 14 heavy (non-hydrogen) atoms. The molecule has 1 nitrogen and oxygen atoms in total. The average molecular weight is 225 g/mol. The van der Waals surface area contributed by atoms with Crippen LogP contribution >= 0.6 is 11.6 Å². The number of hydrogen-bond acceptors (Lipinski definition) is 1. The van der Waals surface area contributed by atoms with Gasteiger partial charge >= 0.3 is 6.36 Å². The van der Waals surface area contributed by atoms with Gasteiger partial charge in [-0.1, -0.05) is 24.6 Å². The van der Waals surface area contributed by atoms with Crippen molar-refractivity contribution >= 4 is 11.6 Å². The lowest BCUT2D eigenvalue weighted by atomic mass is 10.2. The Kier molecular flexibility index (Phi) is 3.26. The summed E-state index contributed by atoms with van der Waals surface area (Å²) >= 11 is 5.59. The van der Waals surface area contributed by atoms with E-state index in [0.29, 0.717) is 6.42 Å². The number of ether oxygens (including phenoxy) is 1. The summed E-state index contributed by atoms with van der Waals surface area (Å²) < 4.78 is 39.2. The van der Waals surface area contributed by atoms with Gasteiger partial charge in [0.2, 0.25) is 0 Å². The van der Waals surface area contributed by atoms with Crippen LogP contribution < -0.4 is 4.74 Å². The molecular weight excluding hydrogens is 217 g/mol. The zero-order valence-electron chi connectivity index (χ0n) is 7.36. The van der Waals surface area contributed by atoms with E-state index in [4.69, 9.17) is 11.6 Å². The second kappa shape index (κ2) is 4.09. The van der Waals surface area contributed by atoms with Crippen LogP contribution in [0.5, 0.6) is 5.75 Å². The second-order valence-corrected chi connectivity index (χ2v) is 3.07. The van der Waals surface area contributed by atoms with Gasteiger partial charge in [0.1, 0.15) is 5.75 Å². The third-order valence-corrected chi connectivity index (χ3v) is 1.93. The molecule has 0 bridgehead atoms. The predicted octanol–water partition coefficient (Wildman–Crippen LogP) is 3.80. The van der Waals surface area contributed by atoms with Crippen molar-refractivity contribution in [2.24, 2.45) is 0 Å². The Labute approximate surface area is 84.4 Å². The molecule has 0 unspecified atom stereocenters. The van der Waals surface area contributed by atoms with Crippen LogP contribution in [0.15, 0.2) is 18.2 Å². The normalized spacial score (nSPS) is 11.5. The molecule has 0 heterocycles. The zero-order chi connectivity index (χ0) is 10.8. The van der Waals surface area contributed by atoms with Crippen molar-refractivity contribution in [1.29, 1.82) is 0 Å². The molecule has 0 amide bonds. The first-order valence-electron chi connectivity index (χ1n) is 3.96. The Balaban J connectivity index is 2.89. The molecule has 0 aliphatic carbocycles. The molecule has 0 spiro atoms. The van der Waals surface area contributed by atoms with Crippen LogP contribution in [-0.2, 0) is 6.42 Å². The van der Waals surface area contributed by atoms with E-state index in [0.717, 1.165) is 5.56 Å². The number of rotatable bonds is 2. The molecule has 0 aromatic heterocycles. The van der Waals surface area contributed by atoms with Crippen LogP contribution in [-0.4, -0.2) is 6.36 Å². The first-order valence-corrected chi connectivity index (χ1v) is 4.34.